The second-order valence-electron chi connectivity index (χ2n) is 6.05. The van der Waals surface area contributed by atoms with Gasteiger partial charge in [-0.25, -0.2) is 0 Å². The molecule has 1 saturated carbocycles. The van der Waals surface area contributed by atoms with Crippen LogP contribution >= 0.6 is 0 Å². The van der Waals surface area contributed by atoms with Crippen LogP contribution in [0.4, 0.5) is 11.4 Å². The van der Waals surface area contributed by atoms with Crippen molar-refractivity contribution < 1.29 is 9.72 Å². The number of nitro groups is 1. The zero-order valence-electron chi connectivity index (χ0n) is 12.3. The molecule has 0 spiro atoms. The van der Waals surface area contributed by atoms with Crippen molar-refractivity contribution in [3.05, 3.63) is 33.9 Å². The zero-order valence-corrected chi connectivity index (χ0v) is 12.3. The second-order valence-corrected chi connectivity index (χ2v) is 6.05. The van der Waals surface area contributed by atoms with Gasteiger partial charge in [-0.05, 0) is 37.8 Å². The molecule has 7 nitrogen and oxygen atoms in total. The third-order valence-electron chi connectivity index (χ3n) is 4.42. The molecule has 7 heteroatoms. The minimum Gasteiger partial charge on any atom is -0.393 e. The molecule has 1 aromatic carbocycles. The largest absolute Gasteiger partial charge is 0.393 e. The Bertz CT molecular complexity index is 592. The topological polar surface area (TPSA) is 102 Å². The predicted molar refractivity (Wildman–Crippen MR) is 82.6 cm³/mol. The van der Waals surface area contributed by atoms with Gasteiger partial charge in [0, 0.05) is 36.8 Å². The van der Waals surface area contributed by atoms with Crippen molar-refractivity contribution in [2.75, 3.05) is 18.8 Å². The molecule has 0 bridgehead atoms. The van der Waals surface area contributed by atoms with Crippen molar-refractivity contribution in [1.29, 1.82) is 0 Å². The minimum atomic E-state index is -0.569. The summed E-state index contributed by atoms with van der Waals surface area (Å²) in [6, 6.07) is 5.07. The third kappa shape index (κ3) is 3.19. The van der Waals surface area contributed by atoms with Crippen molar-refractivity contribution in [2.24, 2.45) is 0 Å². The molecule has 1 saturated heterocycles. The van der Waals surface area contributed by atoms with Gasteiger partial charge in [-0.15, -0.1) is 0 Å². The molecule has 3 N–H and O–H groups in total. The molecule has 0 unspecified atom stereocenters. The number of carbonyl (C=O) groups excluding carboxylic acids is 1. The second kappa shape index (κ2) is 5.92. The van der Waals surface area contributed by atoms with Crippen LogP contribution in [0, 0.1) is 10.1 Å². The molecule has 2 fully saturated rings. The van der Waals surface area contributed by atoms with Crippen LogP contribution in [0.2, 0.25) is 0 Å². The first-order chi connectivity index (χ1) is 10.5. The first-order valence-electron chi connectivity index (χ1n) is 7.63. The van der Waals surface area contributed by atoms with E-state index >= 15 is 0 Å². The van der Waals surface area contributed by atoms with Crippen LogP contribution in [0.3, 0.4) is 0 Å². The Kier molecular flexibility index (Phi) is 3.98. The first kappa shape index (κ1) is 14.8. The molecule has 22 heavy (non-hydrogen) atoms. The number of hydrogen-bond donors (Lipinski definition) is 2. The zero-order chi connectivity index (χ0) is 15.7. The lowest BCUT2D eigenvalue weighted by Gasteiger charge is -2.32. The average molecular weight is 304 g/mol. The summed E-state index contributed by atoms with van der Waals surface area (Å²) in [5.41, 5.74) is 5.67. The van der Waals surface area contributed by atoms with Crippen LogP contribution in [0.15, 0.2) is 18.2 Å². The Balaban J connectivity index is 1.60. The smallest absolute Gasteiger partial charge is 0.292 e. The molecular formula is C15H20N4O3. The Labute approximate surface area is 128 Å². The van der Waals surface area contributed by atoms with Crippen LogP contribution in [-0.2, 0) is 0 Å². The fourth-order valence-electron chi connectivity index (χ4n) is 2.96. The molecule has 1 aromatic rings. The van der Waals surface area contributed by atoms with Gasteiger partial charge in [0.1, 0.15) is 5.69 Å². The van der Waals surface area contributed by atoms with E-state index in [4.69, 9.17) is 5.73 Å². The van der Waals surface area contributed by atoms with Crippen LogP contribution in [0.5, 0.6) is 0 Å². The monoisotopic (exact) mass is 304 g/mol. The summed E-state index contributed by atoms with van der Waals surface area (Å²) >= 11 is 0. The third-order valence-corrected chi connectivity index (χ3v) is 4.42. The van der Waals surface area contributed by atoms with Gasteiger partial charge < -0.3 is 16.0 Å². The lowest BCUT2D eigenvalue weighted by Crippen LogP contribution is -2.45. The Hall–Kier alpha value is -2.15. The maximum atomic E-state index is 12.2. The highest BCUT2D eigenvalue weighted by atomic mass is 16.6. The van der Waals surface area contributed by atoms with Gasteiger partial charge in [-0.3, -0.25) is 14.9 Å². The fourth-order valence-corrected chi connectivity index (χ4v) is 2.96. The number of amides is 1. The minimum absolute atomic E-state index is 0.0688. The number of nitrogens with two attached hydrogens (primary N) is 1. The summed E-state index contributed by atoms with van der Waals surface area (Å²) in [6.07, 6.45) is 4.46. The summed E-state index contributed by atoms with van der Waals surface area (Å²) < 4.78 is 0. The number of likely N-dealkylation sites (tertiary alicyclic amines) is 1. The van der Waals surface area contributed by atoms with E-state index in [1.807, 2.05) is 0 Å². The van der Waals surface area contributed by atoms with Gasteiger partial charge in [-0.2, -0.15) is 0 Å². The Morgan fingerprint density at radius 1 is 1.27 bits per heavy atom. The molecule has 3 rings (SSSR count). The summed E-state index contributed by atoms with van der Waals surface area (Å²) in [5.74, 6) is -0.270. The van der Waals surface area contributed by atoms with E-state index in [1.54, 1.807) is 0 Å². The summed E-state index contributed by atoms with van der Waals surface area (Å²) in [5, 5.41) is 13.9. The summed E-state index contributed by atoms with van der Waals surface area (Å²) in [4.78, 5) is 25.0. The Morgan fingerprint density at radius 2 is 1.95 bits per heavy atom. The SMILES string of the molecule is Nc1ccc(C(=O)NC2CCN(C3CC3)CC2)cc1[N+](=O)[O-]. The lowest BCUT2D eigenvalue weighted by molar-refractivity contribution is -0.383. The van der Waals surface area contributed by atoms with E-state index in [0.29, 0.717) is 0 Å². The summed E-state index contributed by atoms with van der Waals surface area (Å²) in [6.45, 7) is 2.02. The number of nitrogens with one attached hydrogen (secondary N) is 1. The van der Waals surface area contributed by atoms with Crippen LogP contribution < -0.4 is 11.1 Å². The molecule has 1 aliphatic carbocycles. The van der Waals surface area contributed by atoms with E-state index in [2.05, 4.69) is 10.2 Å². The molecule has 2 aliphatic rings. The number of piperidine rings is 1. The Morgan fingerprint density at radius 3 is 2.55 bits per heavy atom. The van der Waals surface area contributed by atoms with Gasteiger partial charge in [0.15, 0.2) is 0 Å². The number of nitrogens with zero attached hydrogens (tertiary/aromatic N) is 2. The van der Waals surface area contributed by atoms with Crippen molar-refractivity contribution in [3.63, 3.8) is 0 Å². The molecule has 118 valence electrons. The normalized spacial score (nSPS) is 19.8. The van der Waals surface area contributed by atoms with Gasteiger partial charge >= 0.3 is 0 Å². The van der Waals surface area contributed by atoms with E-state index in [9.17, 15) is 14.9 Å². The molecule has 0 radical (unpaired) electrons. The van der Waals surface area contributed by atoms with Crippen molar-refractivity contribution >= 4 is 17.3 Å². The predicted octanol–water partition coefficient (Wildman–Crippen LogP) is 1.53. The van der Waals surface area contributed by atoms with Gasteiger partial charge in [-0.1, -0.05) is 0 Å². The lowest BCUT2D eigenvalue weighted by atomic mass is 10.0. The molecule has 1 aliphatic heterocycles. The number of anilines is 1. The molecule has 1 amide bonds. The number of nitrogen functional groups attached to an aromatic ring is 1. The highest BCUT2D eigenvalue weighted by molar-refractivity contribution is 5.95. The number of nitro benzene ring substituents is 1. The van der Waals surface area contributed by atoms with E-state index in [-0.39, 0.29) is 28.9 Å². The number of carbonyl (C=O) groups is 1. The summed E-state index contributed by atoms with van der Waals surface area (Å²) in [7, 11) is 0. The van der Waals surface area contributed by atoms with E-state index in [1.165, 1.54) is 31.0 Å². The van der Waals surface area contributed by atoms with Gasteiger partial charge in [0.2, 0.25) is 0 Å². The first-order valence-corrected chi connectivity index (χ1v) is 7.63. The van der Waals surface area contributed by atoms with Crippen LogP contribution in [0.25, 0.3) is 0 Å². The standard InChI is InChI=1S/C15H20N4O3/c16-13-4-1-10(9-14(13)19(21)22)15(20)17-11-5-7-18(8-6-11)12-2-3-12/h1,4,9,11-12H,2-3,5-8,16H2,(H,17,20). The fraction of sp³-hybridized carbons (Fsp3) is 0.533. The van der Waals surface area contributed by atoms with Crippen LogP contribution in [0.1, 0.15) is 36.0 Å². The maximum absolute atomic E-state index is 12.2. The van der Waals surface area contributed by atoms with Crippen molar-refractivity contribution in [2.45, 2.75) is 37.8 Å². The molecule has 1 heterocycles. The number of benzene rings is 1. The molecule has 0 aromatic heterocycles. The van der Waals surface area contributed by atoms with E-state index in [0.717, 1.165) is 32.0 Å². The van der Waals surface area contributed by atoms with Crippen LogP contribution in [-0.4, -0.2) is 40.9 Å². The quantitative estimate of drug-likeness (QED) is 0.499. The van der Waals surface area contributed by atoms with Crippen molar-refractivity contribution in [1.82, 2.24) is 10.2 Å². The highest BCUT2D eigenvalue weighted by Crippen LogP contribution is 2.29. The van der Waals surface area contributed by atoms with Gasteiger partial charge in [0.05, 0.1) is 4.92 Å². The molecule has 0 atom stereocenters. The highest BCUT2D eigenvalue weighted by Gasteiger charge is 2.32. The number of rotatable bonds is 4. The van der Waals surface area contributed by atoms with Crippen molar-refractivity contribution in [3.8, 4) is 0 Å². The number of hydrogen-bond acceptors (Lipinski definition) is 5. The van der Waals surface area contributed by atoms with E-state index < -0.39 is 4.92 Å². The molecular weight excluding hydrogens is 284 g/mol. The maximum Gasteiger partial charge on any atom is 0.292 e. The van der Waals surface area contributed by atoms with Gasteiger partial charge in [0.25, 0.3) is 11.6 Å². The average Bonchev–Trinajstić information content (AvgIpc) is 3.33.